The lowest BCUT2D eigenvalue weighted by molar-refractivity contribution is 0.280. The Hall–Kier alpha value is -1.32. The second-order valence-corrected chi connectivity index (χ2v) is 5.46. The third-order valence-electron chi connectivity index (χ3n) is 3.33. The first-order valence-corrected chi connectivity index (χ1v) is 7.10. The molecule has 19 heavy (non-hydrogen) atoms. The highest BCUT2D eigenvalue weighted by Gasteiger charge is 2.05. The molecule has 0 bridgehead atoms. The van der Waals surface area contributed by atoms with Gasteiger partial charge in [0.1, 0.15) is 0 Å². The maximum absolute atomic E-state index is 8.94. The van der Waals surface area contributed by atoms with Crippen LogP contribution in [-0.4, -0.2) is 22.8 Å². The molecule has 2 N–H and O–H groups in total. The van der Waals surface area contributed by atoms with Gasteiger partial charge >= 0.3 is 0 Å². The Balaban J connectivity index is 2.14. The summed E-state index contributed by atoms with van der Waals surface area (Å²) in [4.78, 5) is 0. The van der Waals surface area contributed by atoms with Gasteiger partial charge in [-0.05, 0) is 36.6 Å². The van der Waals surface area contributed by atoms with Crippen LogP contribution in [0.4, 0.5) is 0 Å². The second kappa shape index (κ2) is 6.73. The zero-order valence-corrected chi connectivity index (χ0v) is 11.9. The van der Waals surface area contributed by atoms with Crippen LogP contribution in [0.5, 0.6) is 0 Å². The van der Waals surface area contributed by atoms with E-state index in [-0.39, 0.29) is 6.61 Å². The molecule has 0 fully saturated rings. The number of fused-ring (bicyclic) bond motifs is 1. The van der Waals surface area contributed by atoms with E-state index >= 15 is 0 Å². The van der Waals surface area contributed by atoms with E-state index in [0.717, 1.165) is 26.1 Å². The molecule has 0 saturated heterocycles. The number of hydrogen-bond donors (Lipinski definition) is 2. The van der Waals surface area contributed by atoms with Crippen LogP contribution in [0.3, 0.4) is 0 Å². The first kappa shape index (κ1) is 14.1. The number of aliphatic hydroxyl groups is 1. The predicted octanol–water partition coefficient (Wildman–Crippen LogP) is 2.77. The van der Waals surface area contributed by atoms with Gasteiger partial charge in [-0.15, -0.1) is 0 Å². The molecule has 2 rings (SSSR count). The van der Waals surface area contributed by atoms with Gasteiger partial charge < -0.3 is 15.0 Å². The van der Waals surface area contributed by atoms with Crippen molar-refractivity contribution in [2.45, 2.75) is 33.4 Å². The fourth-order valence-corrected chi connectivity index (χ4v) is 2.37. The Morgan fingerprint density at radius 1 is 1.26 bits per heavy atom. The predicted molar refractivity (Wildman–Crippen MR) is 80.2 cm³/mol. The van der Waals surface area contributed by atoms with Crippen LogP contribution in [0.2, 0.25) is 0 Å². The van der Waals surface area contributed by atoms with Crippen molar-refractivity contribution in [1.82, 2.24) is 9.88 Å². The van der Waals surface area contributed by atoms with Gasteiger partial charge in [0.2, 0.25) is 0 Å². The zero-order chi connectivity index (χ0) is 13.7. The number of nitrogens with one attached hydrogen (secondary N) is 1. The van der Waals surface area contributed by atoms with Crippen LogP contribution in [0.15, 0.2) is 30.5 Å². The van der Waals surface area contributed by atoms with Gasteiger partial charge in [-0.25, -0.2) is 0 Å². The molecule has 0 radical (unpaired) electrons. The van der Waals surface area contributed by atoms with Crippen molar-refractivity contribution >= 4 is 10.9 Å². The second-order valence-electron chi connectivity index (χ2n) is 5.46. The number of aryl methyl sites for hydroxylation is 1. The molecule has 0 aliphatic rings. The smallest absolute Gasteiger partial charge is 0.0483 e. The van der Waals surface area contributed by atoms with Crippen LogP contribution in [0, 0.1) is 5.92 Å². The van der Waals surface area contributed by atoms with Crippen LogP contribution in [0.1, 0.15) is 25.8 Å². The maximum atomic E-state index is 8.94. The Morgan fingerprint density at radius 3 is 2.84 bits per heavy atom. The Kier molecular flexibility index (Phi) is 5.00. The summed E-state index contributed by atoms with van der Waals surface area (Å²) in [6.45, 7) is 7.53. The molecule has 1 aromatic heterocycles. The lowest BCUT2D eigenvalue weighted by Crippen LogP contribution is -2.19. The highest BCUT2D eigenvalue weighted by molar-refractivity contribution is 5.83. The molecular formula is C16H24N2O. The molecule has 0 spiro atoms. The molecule has 0 amide bonds. The van der Waals surface area contributed by atoms with Gasteiger partial charge in [0, 0.05) is 36.8 Å². The van der Waals surface area contributed by atoms with E-state index in [1.54, 1.807) is 0 Å². The molecule has 2 aromatic rings. The van der Waals surface area contributed by atoms with Gasteiger partial charge in [-0.2, -0.15) is 0 Å². The Labute approximate surface area is 115 Å². The number of hydrogen-bond acceptors (Lipinski definition) is 2. The van der Waals surface area contributed by atoms with Crippen molar-refractivity contribution < 1.29 is 5.11 Å². The maximum Gasteiger partial charge on any atom is 0.0483 e. The quantitative estimate of drug-likeness (QED) is 0.803. The van der Waals surface area contributed by atoms with Crippen molar-refractivity contribution in [2.24, 2.45) is 5.92 Å². The molecular weight excluding hydrogens is 236 g/mol. The number of nitrogens with zero attached hydrogens (tertiary/aromatic N) is 1. The number of aliphatic hydroxyl groups excluding tert-OH is 1. The Bertz CT molecular complexity index is 516. The third kappa shape index (κ3) is 3.58. The van der Waals surface area contributed by atoms with E-state index in [1.807, 2.05) is 0 Å². The molecule has 0 aliphatic carbocycles. The topological polar surface area (TPSA) is 37.2 Å². The van der Waals surface area contributed by atoms with Gasteiger partial charge in [0.05, 0.1) is 0 Å². The van der Waals surface area contributed by atoms with E-state index < -0.39 is 0 Å². The minimum atomic E-state index is 0.245. The first-order valence-electron chi connectivity index (χ1n) is 7.10. The van der Waals surface area contributed by atoms with Crippen LogP contribution in [0.25, 0.3) is 10.9 Å². The van der Waals surface area contributed by atoms with E-state index in [0.29, 0.717) is 5.92 Å². The summed E-state index contributed by atoms with van der Waals surface area (Å²) in [6, 6.07) is 8.63. The zero-order valence-electron chi connectivity index (χ0n) is 11.9. The highest BCUT2D eigenvalue weighted by atomic mass is 16.3. The summed E-state index contributed by atoms with van der Waals surface area (Å²) >= 11 is 0. The monoisotopic (exact) mass is 260 g/mol. The molecule has 3 heteroatoms. The minimum absolute atomic E-state index is 0.245. The summed E-state index contributed by atoms with van der Waals surface area (Å²) in [5, 5.41) is 13.7. The lowest BCUT2D eigenvalue weighted by atomic mass is 10.1. The van der Waals surface area contributed by atoms with Crippen molar-refractivity contribution in [1.29, 1.82) is 0 Å². The molecule has 3 nitrogen and oxygen atoms in total. The molecule has 0 aliphatic heterocycles. The van der Waals surface area contributed by atoms with E-state index in [1.165, 1.54) is 16.5 Å². The van der Waals surface area contributed by atoms with Crippen molar-refractivity contribution in [3.8, 4) is 0 Å². The highest BCUT2D eigenvalue weighted by Crippen LogP contribution is 2.20. The molecule has 1 aromatic carbocycles. The van der Waals surface area contributed by atoms with Crippen LogP contribution in [-0.2, 0) is 13.1 Å². The summed E-state index contributed by atoms with van der Waals surface area (Å²) in [5.74, 6) is 0.674. The number of benzene rings is 1. The molecule has 0 saturated carbocycles. The normalized spacial score (nSPS) is 11.6. The van der Waals surface area contributed by atoms with Crippen LogP contribution >= 0.6 is 0 Å². The molecule has 0 atom stereocenters. The van der Waals surface area contributed by atoms with Crippen molar-refractivity contribution in [2.75, 3.05) is 13.2 Å². The van der Waals surface area contributed by atoms with Gasteiger partial charge in [0.15, 0.2) is 0 Å². The fraction of sp³-hybridized carbons (Fsp3) is 0.500. The number of aromatic nitrogens is 1. The Morgan fingerprint density at radius 2 is 2.11 bits per heavy atom. The third-order valence-corrected chi connectivity index (χ3v) is 3.33. The summed E-state index contributed by atoms with van der Waals surface area (Å²) in [7, 11) is 0. The average molecular weight is 260 g/mol. The van der Waals surface area contributed by atoms with E-state index in [2.05, 4.69) is 54.2 Å². The first-order chi connectivity index (χ1) is 9.22. The standard InChI is InChI=1S/C16H24N2O/c1-13(2)11-17-12-14-5-3-6-16-15(14)7-9-18(16)8-4-10-19/h3,5-7,9,13,17,19H,4,8,10-12H2,1-2H3. The lowest BCUT2D eigenvalue weighted by Gasteiger charge is -2.09. The molecule has 0 unspecified atom stereocenters. The van der Waals surface area contributed by atoms with E-state index in [9.17, 15) is 0 Å². The summed E-state index contributed by atoms with van der Waals surface area (Å²) in [6.07, 6.45) is 2.92. The molecule has 1 heterocycles. The summed E-state index contributed by atoms with van der Waals surface area (Å²) < 4.78 is 2.22. The fourth-order valence-electron chi connectivity index (χ4n) is 2.37. The van der Waals surface area contributed by atoms with Crippen molar-refractivity contribution in [3.63, 3.8) is 0 Å². The van der Waals surface area contributed by atoms with Gasteiger partial charge in [-0.1, -0.05) is 26.0 Å². The number of rotatable bonds is 7. The van der Waals surface area contributed by atoms with Gasteiger partial charge in [-0.3, -0.25) is 0 Å². The minimum Gasteiger partial charge on any atom is -0.396 e. The largest absolute Gasteiger partial charge is 0.396 e. The van der Waals surface area contributed by atoms with Crippen LogP contribution < -0.4 is 5.32 Å². The molecule has 104 valence electrons. The SMILES string of the molecule is CC(C)CNCc1cccc2c1ccn2CCCO. The summed E-state index contributed by atoms with van der Waals surface area (Å²) in [5.41, 5.74) is 2.61. The average Bonchev–Trinajstić information content (AvgIpc) is 2.80. The van der Waals surface area contributed by atoms with Crippen molar-refractivity contribution in [3.05, 3.63) is 36.0 Å². The van der Waals surface area contributed by atoms with Gasteiger partial charge in [0.25, 0.3) is 0 Å². The van der Waals surface area contributed by atoms with E-state index in [4.69, 9.17) is 5.11 Å².